The summed E-state index contributed by atoms with van der Waals surface area (Å²) < 4.78 is 11.0. The van der Waals surface area contributed by atoms with Crippen molar-refractivity contribution in [3.05, 3.63) is 29.8 Å². The molecular formula is C15H24N2O2. The van der Waals surface area contributed by atoms with E-state index < -0.39 is 0 Å². The second-order valence-electron chi connectivity index (χ2n) is 5.02. The minimum atomic E-state index is 0.0291. The summed E-state index contributed by atoms with van der Waals surface area (Å²) in [6, 6.07) is 8.11. The molecule has 2 unspecified atom stereocenters. The zero-order valence-electron chi connectivity index (χ0n) is 11.8. The number of likely N-dealkylation sites (N-methyl/N-ethyl adjacent to an activating group) is 1. The molecule has 0 saturated carbocycles. The van der Waals surface area contributed by atoms with Crippen molar-refractivity contribution >= 4 is 0 Å². The van der Waals surface area contributed by atoms with Crippen LogP contribution in [0.5, 0.6) is 5.75 Å². The molecule has 1 heterocycles. The molecule has 0 aromatic heterocycles. The Morgan fingerprint density at radius 3 is 3.11 bits per heavy atom. The molecule has 19 heavy (non-hydrogen) atoms. The van der Waals surface area contributed by atoms with Crippen LogP contribution in [0, 0.1) is 0 Å². The number of benzene rings is 1. The third-order valence-electron chi connectivity index (χ3n) is 3.71. The number of hydrogen-bond donors (Lipinski definition) is 1. The molecule has 0 bridgehead atoms. The van der Waals surface area contributed by atoms with Gasteiger partial charge in [-0.1, -0.05) is 19.1 Å². The van der Waals surface area contributed by atoms with Gasteiger partial charge in [-0.2, -0.15) is 0 Å². The van der Waals surface area contributed by atoms with Gasteiger partial charge in [0.25, 0.3) is 0 Å². The standard InChI is InChI=1S/C15H24N2O2/c1-3-17-7-8-19-15(11-17)14(16)10-12-5-4-6-13(9-12)18-2/h4-6,9,14-15H,3,7-8,10-11,16H2,1-2H3. The Hall–Kier alpha value is -1.10. The number of ether oxygens (including phenoxy) is 2. The number of hydrogen-bond acceptors (Lipinski definition) is 4. The highest BCUT2D eigenvalue weighted by Gasteiger charge is 2.25. The second-order valence-corrected chi connectivity index (χ2v) is 5.02. The van der Waals surface area contributed by atoms with Crippen LogP contribution in [0.2, 0.25) is 0 Å². The van der Waals surface area contributed by atoms with E-state index in [1.54, 1.807) is 7.11 Å². The molecule has 2 N–H and O–H groups in total. The smallest absolute Gasteiger partial charge is 0.119 e. The van der Waals surface area contributed by atoms with Gasteiger partial charge >= 0.3 is 0 Å². The predicted octanol–water partition coefficient (Wildman–Crippen LogP) is 1.29. The first-order valence-corrected chi connectivity index (χ1v) is 6.95. The highest BCUT2D eigenvalue weighted by molar-refractivity contribution is 5.29. The van der Waals surface area contributed by atoms with Crippen LogP contribution in [-0.2, 0) is 11.2 Å². The lowest BCUT2D eigenvalue weighted by molar-refractivity contribution is -0.0385. The van der Waals surface area contributed by atoms with Gasteiger partial charge in [0.2, 0.25) is 0 Å². The zero-order valence-corrected chi connectivity index (χ0v) is 11.8. The van der Waals surface area contributed by atoms with Gasteiger partial charge in [0.05, 0.1) is 19.8 Å². The topological polar surface area (TPSA) is 47.7 Å². The van der Waals surface area contributed by atoms with E-state index in [1.807, 2.05) is 18.2 Å². The van der Waals surface area contributed by atoms with Gasteiger partial charge in [0.15, 0.2) is 0 Å². The molecule has 4 heteroatoms. The summed E-state index contributed by atoms with van der Waals surface area (Å²) in [5.41, 5.74) is 7.49. The summed E-state index contributed by atoms with van der Waals surface area (Å²) in [6.45, 7) is 5.96. The normalized spacial score (nSPS) is 22.2. The fourth-order valence-electron chi connectivity index (χ4n) is 2.48. The van der Waals surface area contributed by atoms with Gasteiger partial charge in [0.1, 0.15) is 5.75 Å². The summed E-state index contributed by atoms with van der Waals surface area (Å²) in [7, 11) is 1.68. The molecule has 0 radical (unpaired) electrons. The first-order valence-electron chi connectivity index (χ1n) is 6.95. The molecule has 1 aromatic carbocycles. The maximum absolute atomic E-state index is 6.30. The van der Waals surface area contributed by atoms with E-state index in [1.165, 1.54) is 5.56 Å². The van der Waals surface area contributed by atoms with E-state index in [0.29, 0.717) is 0 Å². The molecule has 1 aliphatic heterocycles. The Labute approximate surface area is 115 Å². The maximum atomic E-state index is 6.30. The lowest BCUT2D eigenvalue weighted by Crippen LogP contribution is -2.51. The van der Waals surface area contributed by atoms with Gasteiger partial charge in [0, 0.05) is 19.1 Å². The Morgan fingerprint density at radius 2 is 2.37 bits per heavy atom. The van der Waals surface area contributed by atoms with Gasteiger partial charge in [-0.25, -0.2) is 0 Å². The molecule has 2 rings (SSSR count). The summed E-state index contributed by atoms with van der Waals surface area (Å²) in [6.07, 6.45) is 0.944. The van der Waals surface area contributed by atoms with Crippen LogP contribution in [0.1, 0.15) is 12.5 Å². The second kappa shape index (κ2) is 6.89. The number of nitrogens with zero attached hydrogens (tertiary/aromatic N) is 1. The van der Waals surface area contributed by atoms with Crippen molar-refractivity contribution in [2.24, 2.45) is 5.73 Å². The summed E-state index contributed by atoms with van der Waals surface area (Å²) in [4.78, 5) is 2.39. The van der Waals surface area contributed by atoms with Crippen molar-refractivity contribution in [1.82, 2.24) is 4.90 Å². The first-order chi connectivity index (χ1) is 9.22. The molecule has 1 fully saturated rings. The minimum Gasteiger partial charge on any atom is -0.497 e. The highest BCUT2D eigenvalue weighted by atomic mass is 16.5. The Bertz CT molecular complexity index is 397. The Morgan fingerprint density at radius 1 is 1.53 bits per heavy atom. The highest BCUT2D eigenvalue weighted by Crippen LogP contribution is 2.16. The number of nitrogens with two attached hydrogens (primary N) is 1. The van der Waals surface area contributed by atoms with Gasteiger partial charge in [-0.3, -0.25) is 4.90 Å². The summed E-state index contributed by atoms with van der Waals surface area (Å²) in [5, 5.41) is 0. The van der Waals surface area contributed by atoms with Gasteiger partial charge in [-0.05, 0) is 30.7 Å². The zero-order chi connectivity index (χ0) is 13.7. The third-order valence-corrected chi connectivity index (χ3v) is 3.71. The molecule has 4 nitrogen and oxygen atoms in total. The average Bonchev–Trinajstić information content (AvgIpc) is 2.47. The average molecular weight is 264 g/mol. The Kier molecular flexibility index (Phi) is 5.19. The molecule has 0 spiro atoms. The van der Waals surface area contributed by atoms with E-state index in [-0.39, 0.29) is 12.1 Å². The molecule has 1 aromatic rings. The number of rotatable bonds is 5. The lowest BCUT2D eigenvalue weighted by Gasteiger charge is -2.35. The van der Waals surface area contributed by atoms with Crippen LogP contribution in [0.3, 0.4) is 0 Å². The fraction of sp³-hybridized carbons (Fsp3) is 0.600. The molecular weight excluding hydrogens is 240 g/mol. The quantitative estimate of drug-likeness (QED) is 0.870. The molecule has 1 saturated heterocycles. The van der Waals surface area contributed by atoms with E-state index in [2.05, 4.69) is 17.9 Å². The molecule has 1 aliphatic rings. The number of methoxy groups -OCH3 is 1. The van der Waals surface area contributed by atoms with E-state index in [4.69, 9.17) is 15.2 Å². The van der Waals surface area contributed by atoms with Crippen molar-refractivity contribution in [2.75, 3.05) is 33.4 Å². The van der Waals surface area contributed by atoms with Crippen LogP contribution in [0.25, 0.3) is 0 Å². The Balaban J connectivity index is 1.94. The van der Waals surface area contributed by atoms with Crippen LogP contribution >= 0.6 is 0 Å². The van der Waals surface area contributed by atoms with Crippen LogP contribution in [0.4, 0.5) is 0 Å². The largest absolute Gasteiger partial charge is 0.497 e. The molecule has 2 atom stereocenters. The number of morpholine rings is 1. The van der Waals surface area contributed by atoms with Crippen molar-refractivity contribution in [1.29, 1.82) is 0 Å². The SMILES string of the molecule is CCN1CCOC(C(N)Cc2cccc(OC)c2)C1. The van der Waals surface area contributed by atoms with E-state index in [9.17, 15) is 0 Å². The monoisotopic (exact) mass is 264 g/mol. The predicted molar refractivity (Wildman–Crippen MR) is 76.5 cm³/mol. The fourth-order valence-corrected chi connectivity index (χ4v) is 2.48. The van der Waals surface area contributed by atoms with Crippen molar-refractivity contribution < 1.29 is 9.47 Å². The maximum Gasteiger partial charge on any atom is 0.119 e. The molecule has 0 aliphatic carbocycles. The molecule has 106 valence electrons. The van der Waals surface area contributed by atoms with Crippen LogP contribution < -0.4 is 10.5 Å². The van der Waals surface area contributed by atoms with E-state index in [0.717, 1.165) is 38.4 Å². The van der Waals surface area contributed by atoms with Crippen LogP contribution in [0.15, 0.2) is 24.3 Å². The van der Waals surface area contributed by atoms with Crippen LogP contribution in [-0.4, -0.2) is 50.4 Å². The summed E-state index contributed by atoms with van der Waals surface area (Å²) >= 11 is 0. The van der Waals surface area contributed by atoms with Crippen molar-refractivity contribution in [3.8, 4) is 5.75 Å². The van der Waals surface area contributed by atoms with Gasteiger partial charge in [-0.15, -0.1) is 0 Å². The van der Waals surface area contributed by atoms with Crippen molar-refractivity contribution in [3.63, 3.8) is 0 Å². The third kappa shape index (κ3) is 3.93. The van der Waals surface area contributed by atoms with E-state index >= 15 is 0 Å². The van der Waals surface area contributed by atoms with Gasteiger partial charge < -0.3 is 15.2 Å². The summed E-state index contributed by atoms with van der Waals surface area (Å²) in [5.74, 6) is 0.879. The first kappa shape index (κ1) is 14.3. The van der Waals surface area contributed by atoms with Crippen molar-refractivity contribution in [2.45, 2.75) is 25.5 Å². The lowest BCUT2D eigenvalue weighted by atomic mass is 10.0. The minimum absolute atomic E-state index is 0.0291. The molecule has 0 amide bonds.